The highest BCUT2D eigenvalue weighted by Crippen LogP contribution is 2.23. The van der Waals surface area contributed by atoms with E-state index in [9.17, 15) is 8.42 Å². The Labute approximate surface area is 130 Å². The Morgan fingerprint density at radius 1 is 1.38 bits per heavy atom. The predicted molar refractivity (Wildman–Crippen MR) is 85.9 cm³/mol. The van der Waals surface area contributed by atoms with Crippen molar-refractivity contribution in [2.45, 2.75) is 38.3 Å². The van der Waals surface area contributed by atoms with Crippen LogP contribution in [0.5, 0.6) is 0 Å². The van der Waals surface area contributed by atoms with E-state index in [1.165, 1.54) is 0 Å². The van der Waals surface area contributed by atoms with Gasteiger partial charge in [0.05, 0.1) is 0 Å². The SMILES string of the molecule is CCNCc1c(S(=O)(=O)NCC2CCSCC2)n[nH]c1C. The van der Waals surface area contributed by atoms with Crippen molar-refractivity contribution in [1.29, 1.82) is 0 Å². The lowest BCUT2D eigenvalue weighted by Crippen LogP contribution is -2.32. The first-order valence-electron chi connectivity index (χ1n) is 7.36. The van der Waals surface area contributed by atoms with E-state index in [2.05, 4.69) is 20.2 Å². The monoisotopic (exact) mass is 332 g/mol. The van der Waals surface area contributed by atoms with Crippen molar-refractivity contribution < 1.29 is 8.42 Å². The van der Waals surface area contributed by atoms with Gasteiger partial charge < -0.3 is 5.32 Å². The summed E-state index contributed by atoms with van der Waals surface area (Å²) < 4.78 is 27.6. The van der Waals surface area contributed by atoms with E-state index in [4.69, 9.17) is 0 Å². The fourth-order valence-electron chi connectivity index (χ4n) is 2.36. The number of rotatable bonds is 7. The lowest BCUT2D eigenvalue weighted by atomic mass is 10.0. The Morgan fingerprint density at radius 3 is 2.76 bits per heavy atom. The Bertz CT molecular complexity index is 551. The highest BCUT2D eigenvalue weighted by molar-refractivity contribution is 7.99. The second kappa shape index (κ2) is 7.62. The van der Waals surface area contributed by atoms with Crippen LogP contribution in [-0.2, 0) is 16.6 Å². The molecule has 0 unspecified atom stereocenters. The van der Waals surface area contributed by atoms with Crippen LogP contribution in [0.4, 0.5) is 0 Å². The summed E-state index contributed by atoms with van der Waals surface area (Å²) in [5.74, 6) is 2.69. The minimum atomic E-state index is -3.54. The number of nitrogens with one attached hydrogen (secondary N) is 3. The molecule has 1 aromatic rings. The van der Waals surface area contributed by atoms with Crippen molar-refractivity contribution in [2.24, 2.45) is 5.92 Å². The summed E-state index contributed by atoms with van der Waals surface area (Å²) in [6.07, 6.45) is 2.16. The molecular weight excluding hydrogens is 308 g/mol. The molecule has 0 aromatic carbocycles. The van der Waals surface area contributed by atoms with Gasteiger partial charge in [-0.05, 0) is 43.7 Å². The number of H-pyrrole nitrogens is 1. The second-order valence-corrected chi connectivity index (χ2v) is 8.23. The number of hydrogen-bond acceptors (Lipinski definition) is 5. The smallest absolute Gasteiger partial charge is 0.260 e. The molecule has 6 nitrogen and oxygen atoms in total. The van der Waals surface area contributed by atoms with Crippen molar-refractivity contribution in [3.8, 4) is 0 Å². The molecule has 120 valence electrons. The largest absolute Gasteiger partial charge is 0.313 e. The van der Waals surface area contributed by atoms with Crippen molar-refractivity contribution in [2.75, 3.05) is 24.6 Å². The molecule has 1 fully saturated rings. The van der Waals surface area contributed by atoms with Gasteiger partial charge in [0.25, 0.3) is 10.0 Å². The average Bonchev–Trinajstić information content (AvgIpc) is 2.86. The van der Waals surface area contributed by atoms with Gasteiger partial charge in [-0.25, -0.2) is 13.1 Å². The number of hydrogen-bond donors (Lipinski definition) is 3. The lowest BCUT2D eigenvalue weighted by molar-refractivity contribution is 0.475. The van der Waals surface area contributed by atoms with E-state index >= 15 is 0 Å². The van der Waals surface area contributed by atoms with Gasteiger partial charge in [0.2, 0.25) is 0 Å². The molecule has 1 aliphatic heterocycles. The lowest BCUT2D eigenvalue weighted by Gasteiger charge is -2.21. The van der Waals surface area contributed by atoms with Crippen molar-refractivity contribution >= 4 is 21.8 Å². The van der Waals surface area contributed by atoms with Gasteiger partial charge >= 0.3 is 0 Å². The van der Waals surface area contributed by atoms with E-state index in [-0.39, 0.29) is 5.03 Å². The molecule has 21 heavy (non-hydrogen) atoms. The topological polar surface area (TPSA) is 86.9 Å². The zero-order chi connectivity index (χ0) is 15.3. The van der Waals surface area contributed by atoms with Gasteiger partial charge in [-0.2, -0.15) is 16.9 Å². The molecule has 0 bridgehead atoms. The third-order valence-electron chi connectivity index (χ3n) is 3.75. The number of aromatic nitrogens is 2. The van der Waals surface area contributed by atoms with Crippen LogP contribution in [0.2, 0.25) is 0 Å². The van der Waals surface area contributed by atoms with Crippen LogP contribution in [0.1, 0.15) is 31.0 Å². The first-order chi connectivity index (χ1) is 10.0. The van der Waals surface area contributed by atoms with Crippen LogP contribution in [-0.4, -0.2) is 43.2 Å². The minimum absolute atomic E-state index is 0.131. The van der Waals surface area contributed by atoms with Gasteiger partial charge in [-0.15, -0.1) is 0 Å². The third kappa shape index (κ3) is 4.45. The van der Waals surface area contributed by atoms with Gasteiger partial charge in [0.1, 0.15) is 0 Å². The Kier molecular flexibility index (Phi) is 6.09. The zero-order valence-electron chi connectivity index (χ0n) is 12.6. The highest BCUT2D eigenvalue weighted by atomic mass is 32.2. The number of aryl methyl sites for hydroxylation is 1. The predicted octanol–water partition coefficient (Wildman–Crippen LogP) is 1.25. The zero-order valence-corrected chi connectivity index (χ0v) is 14.2. The van der Waals surface area contributed by atoms with Gasteiger partial charge in [0, 0.05) is 24.3 Å². The van der Waals surface area contributed by atoms with Crippen molar-refractivity contribution in [1.82, 2.24) is 20.2 Å². The van der Waals surface area contributed by atoms with E-state index < -0.39 is 10.0 Å². The molecule has 8 heteroatoms. The van der Waals surface area contributed by atoms with Crippen LogP contribution in [0.25, 0.3) is 0 Å². The summed E-state index contributed by atoms with van der Waals surface area (Å²) in [7, 11) is -3.54. The number of aromatic amines is 1. The second-order valence-electron chi connectivity index (χ2n) is 5.32. The molecule has 0 radical (unpaired) electrons. The third-order valence-corrected chi connectivity index (χ3v) is 6.19. The molecule has 0 amide bonds. The summed E-state index contributed by atoms with van der Waals surface area (Å²) in [6.45, 7) is 5.64. The summed E-state index contributed by atoms with van der Waals surface area (Å²) in [4.78, 5) is 0. The number of nitrogens with zero attached hydrogens (tertiary/aromatic N) is 1. The number of thioether (sulfide) groups is 1. The molecule has 1 saturated heterocycles. The van der Waals surface area contributed by atoms with Crippen LogP contribution in [0, 0.1) is 12.8 Å². The molecule has 0 spiro atoms. The normalized spacial score (nSPS) is 17.2. The Balaban J connectivity index is 2.04. The minimum Gasteiger partial charge on any atom is -0.313 e. The van der Waals surface area contributed by atoms with E-state index in [1.54, 1.807) is 0 Å². The van der Waals surface area contributed by atoms with Crippen molar-refractivity contribution in [3.05, 3.63) is 11.3 Å². The molecule has 0 aliphatic carbocycles. The molecule has 2 rings (SSSR count). The van der Waals surface area contributed by atoms with Crippen LogP contribution in [0.15, 0.2) is 5.03 Å². The summed E-state index contributed by atoms with van der Waals surface area (Å²) in [6, 6.07) is 0. The maximum Gasteiger partial charge on any atom is 0.260 e. The van der Waals surface area contributed by atoms with E-state index in [0.717, 1.165) is 42.1 Å². The molecule has 0 saturated carbocycles. The summed E-state index contributed by atoms with van der Waals surface area (Å²) >= 11 is 1.94. The molecule has 1 aromatic heterocycles. The molecule has 3 N–H and O–H groups in total. The van der Waals surface area contributed by atoms with Crippen LogP contribution >= 0.6 is 11.8 Å². The molecule has 2 heterocycles. The maximum absolute atomic E-state index is 12.4. The standard InChI is InChI=1S/C13H24N4O2S2/c1-3-14-9-12-10(2)16-17-13(12)21(18,19)15-8-11-4-6-20-7-5-11/h11,14-15H,3-9H2,1-2H3,(H,16,17). The van der Waals surface area contributed by atoms with Crippen LogP contribution in [0.3, 0.4) is 0 Å². The maximum atomic E-state index is 12.4. The Hall–Kier alpha value is -0.570. The Morgan fingerprint density at radius 2 is 2.10 bits per heavy atom. The quantitative estimate of drug-likeness (QED) is 0.699. The van der Waals surface area contributed by atoms with Crippen molar-refractivity contribution in [3.63, 3.8) is 0 Å². The van der Waals surface area contributed by atoms with Gasteiger partial charge in [-0.3, -0.25) is 5.10 Å². The molecular formula is C13H24N4O2S2. The van der Waals surface area contributed by atoms with E-state index in [1.807, 2.05) is 25.6 Å². The number of sulfonamides is 1. The fourth-order valence-corrected chi connectivity index (χ4v) is 4.87. The van der Waals surface area contributed by atoms with Gasteiger partial charge in [-0.1, -0.05) is 6.92 Å². The first kappa shape index (κ1) is 16.8. The molecule has 1 aliphatic rings. The van der Waals surface area contributed by atoms with Gasteiger partial charge in [0.15, 0.2) is 5.03 Å². The van der Waals surface area contributed by atoms with Crippen LogP contribution < -0.4 is 10.0 Å². The van der Waals surface area contributed by atoms with E-state index in [0.29, 0.717) is 19.0 Å². The highest BCUT2D eigenvalue weighted by Gasteiger charge is 2.25. The first-order valence-corrected chi connectivity index (χ1v) is 10.0. The molecule has 0 atom stereocenters. The summed E-state index contributed by atoms with van der Waals surface area (Å²) in [5, 5.41) is 10.0. The fraction of sp³-hybridized carbons (Fsp3) is 0.769. The average molecular weight is 332 g/mol. The summed E-state index contributed by atoms with van der Waals surface area (Å²) in [5.41, 5.74) is 1.52.